The summed E-state index contributed by atoms with van der Waals surface area (Å²) in [7, 11) is 0. The molecule has 3 aromatic heterocycles. The molecule has 3 aromatic rings. The van der Waals surface area contributed by atoms with Gasteiger partial charge in [-0.3, -0.25) is 0 Å². The summed E-state index contributed by atoms with van der Waals surface area (Å²) in [5.74, 6) is 1.26. The van der Waals surface area contributed by atoms with Gasteiger partial charge in [-0.25, -0.2) is 9.97 Å². The molecule has 5 nitrogen and oxygen atoms in total. The number of thiophene rings is 1. The summed E-state index contributed by atoms with van der Waals surface area (Å²) in [6.45, 7) is 2.01. The molecular weight excluding hydrogens is 234 g/mol. The van der Waals surface area contributed by atoms with Gasteiger partial charge >= 0.3 is 0 Å². The first-order chi connectivity index (χ1) is 8.13. The van der Waals surface area contributed by atoms with Crippen molar-refractivity contribution in [1.29, 1.82) is 0 Å². The Morgan fingerprint density at radius 1 is 1.24 bits per heavy atom. The Kier molecular flexibility index (Phi) is 2.05. The van der Waals surface area contributed by atoms with Crippen LogP contribution in [0.1, 0.15) is 5.56 Å². The third-order valence-corrected chi connectivity index (χ3v) is 3.59. The second-order valence-corrected chi connectivity index (χ2v) is 4.94. The van der Waals surface area contributed by atoms with Gasteiger partial charge in [-0.2, -0.15) is 0 Å². The van der Waals surface area contributed by atoms with Gasteiger partial charge in [0.2, 0.25) is 0 Å². The maximum atomic E-state index is 5.78. The summed E-state index contributed by atoms with van der Waals surface area (Å²) in [5, 5.41) is 0.783. The second kappa shape index (κ2) is 3.46. The number of nitrogens with zero attached hydrogens (tertiary/aromatic N) is 2. The van der Waals surface area contributed by atoms with Gasteiger partial charge in [0.1, 0.15) is 5.82 Å². The summed E-state index contributed by atoms with van der Waals surface area (Å²) >= 11 is 1.51. The molecule has 0 bridgehead atoms. The van der Waals surface area contributed by atoms with Crippen molar-refractivity contribution in [3.05, 3.63) is 23.8 Å². The Morgan fingerprint density at radius 3 is 2.76 bits per heavy atom. The number of nitrogen functional groups attached to an aromatic ring is 2. The molecule has 6 heteroatoms. The molecule has 3 rings (SSSR count). The summed E-state index contributed by atoms with van der Waals surface area (Å²) in [6, 6.07) is 5.56. The first kappa shape index (κ1) is 10.1. The van der Waals surface area contributed by atoms with Crippen LogP contribution < -0.4 is 11.5 Å². The number of aryl methyl sites for hydroxylation is 1. The van der Waals surface area contributed by atoms with Gasteiger partial charge < -0.3 is 16.5 Å². The zero-order valence-corrected chi connectivity index (χ0v) is 10.0. The Morgan fingerprint density at radius 2 is 2.06 bits per heavy atom. The van der Waals surface area contributed by atoms with Gasteiger partial charge in [0, 0.05) is 0 Å². The monoisotopic (exact) mass is 245 g/mol. The van der Waals surface area contributed by atoms with E-state index in [0.717, 1.165) is 26.8 Å². The number of nitrogens with one attached hydrogen (secondary N) is 1. The number of H-pyrrole nitrogens is 1. The van der Waals surface area contributed by atoms with Crippen LogP contribution in [0.5, 0.6) is 0 Å². The lowest BCUT2D eigenvalue weighted by Crippen LogP contribution is -1.88. The van der Waals surface area contributed by atoms with E-state index in [0.29, 0.717) is 11.5 Å². The summed E-state index contributed by atoms with van der Waals surface area (Å²) in [6.07, 6.45) is 0. The minimum absolute atomic E-state index is 0.470. The number of aromatic nitrogens is 3. The molecule has 0 saturated heterocycles. The van der Waals surface area contributed by atoms with Crippen molar-refractivity contribution in [3.63, 3.8) is 0 Å². The topological polar surface area (TPSA) is 93.6 Å². The zero-order chi connectivity index (χ0) is 12.0. The van der Waals surface area contributed by atoms with E-state index in [4.69, 9.17) is 11.5 Å². The number of aromatic amines is 1. The van der Waals surface area contributed by atoms with E-state index in [9.17, 15) is 0 Å². The lowest BCUT2D eigenvalue weighted by atomic mass is 10.3. The molecule has 3 heterocycles. The SMILES string of the molecule is Cc1cc(N)sc1-c1nc2nc(N)ccc2[nH]1. The number of rotatable bonds is 1. The number of imidazole rings is 1. The first-order valence-electron chi connectivity index (χ1n) is 5.12. The number of pyridine rings is 1. The fraction of sp³-hybridized carbons (Fsp3) is 0.0909. The molecule has 0 aliphatic carbocycles. The van der Waals surface area contributed by atoms with Crippen molar-refractivity contribution in [2.24, 2.45) is 0 Å². The molecule has 0 fully saturated rings. The lowest BCUT2D eigenvalue weighted by molar-refractivity contribution is 1.31. The highest BCUT2D eigenvalue weighted by Gasteiger charge is 2.11. The molecule has 0 saturated carbocycles. The van der Waals surface area contributed by atoms with E-state index in [1.807, 2.05) is 19.1 Å². The third kappa shape index (κ3) is 1.62. The first-order valence-corrected chi connectivity index (χ1v) is 5.93. The highest BCUT2D eigenvalue weighted by atomic mass is 32.1. The molecule has 86 valence electrons. The van der Waals surface area contributed by atoms with Crippen LogP contribution in [0.2, 0.25) is 0 Å². The van der Waals surface area contributed by atoms with Gasteiger partial charge in [0.25, 0.3) is 0 Å². The summed E-state index contributed by atoms with van der Waals surface area (Å²) in [4.78, 5) is 12.9. The van der Waals surface area contributed by atoms with Crippen molar-refractivity contribution >= 4 is 33.3 Å². The molecule has 0 radical (unpaired) electrons. The van der Waals surface area contributed by atoms with Gasteiger partial charge in [-0.15, -0.1) is 11.3 Å². The molecule has 0 amide bonds. The number of nitrogens with two attached hydrogens (primary N) is 2. The van der Waals surface area contributed by atoms with Crippen molar-refractivity contribution in [2.45, 2.75) is 6.92 Å². The molecule has 0 unspecified atom stereocenters. The number of hydrogen-bond acceptors (Lipinski definition) is 5. The van der Waals surface area contributed by atoms with Crippen molar-refractivity contribution in [3.8, 4) is 10.7 Å². The Bertz CT molecular complexity index is 697. The number of hydrogen-bond donors (Lipinski definition) is 3. The van der Waals surface area contributed by atoms with Crippen LogP contribution in [0.15, 0.2) is 18.2 Å². The van der Waals surface area contributed by atoms with Gasteiger partial charge in [0.05, 0.1) is 15.4 Å². The Balaban J connectivity index is 2.21. The average Bonchev–Trinajstić information content (AvgIpc) is 2.80. The highest BCUT2D eigenvalue weighted by Crippen LogP contribution is 2.32. The van der Waals surface area contributed by atoms with E-state index in [1.54, 1.807) is 6.07 Å². The lowest BCUT2D eigenvalue weighted by Gasteiger charge is -1.91. The van der Waals surface area contributed by atoms with Crippen molar-refractivity contribution < 1.29 is 0 Å². The van der Waals surface area contributed by atoms with Crippen LogP contribution in [0.3, 0.4) is 0 Å². The molecule has 0 atom stereocenters. The Hall–Kier alpha value is -2.08. The minimum atomic E-state index is 0.470. The normalized spacial score (nSPS) is 11.1. The fourth-order valence-corrected chi connectivity index (χ4v) is 2.64. The van der Waals surface area contributed by atoms with Crippen LogP contribution in [-0.2, 0) is 0 Å². The Labute approximate surface area is 102 Å². The predicted octanol–water partition coefficient (Wildman–Crippen LogP) is 2.16. The molecule has 0 spiro atoms. The average molecular weight is 245 g/mol. The quantitative estimate of drug-likeness (QED) is 0.612. The summed E-state index contributed by atoms with van der Waals surface area (Å²) in [5.41, 5.74) is 14.0. The molecule has 0 aliphatic heterocycles. The van der Waals surface area contributed by atoms with Crippen LogP contribution >= 0.6 is 11.3 Å². The van der Waals surface area contributed by atoms with E-state index in [-0.39, 0.29) is 0 Å². The van der Waals surface area contributed by atoms with Crippen LogP contribution in [0, 0.1) is 6.92 Å². The maximum Gasteiger partial charge on any atom is 0.180 e. The van der Waals surface area contributed by atoms with Gasteiger partial charge in [-0.05, 0) is 30.7 Å². The smallest absolute Gasteiger partial charge is 0.180 e. The van der Waals surface area contributed by atoms with E-state index < -0.39 is 0 Å². The van der Waals surface area contributed by atoms with Crippen LogP contribution in [0.4, 0.5) is 10.8 Å². The molecule has 17 heavy (non-hydrogen) atoms. The zero-order valence-electron chi connectivity index (χ0n) is 9.19. The standard InChI is InChI=1S/C11H11N5S/c1-5-4-8(13)17-9(5)11-14-6-2-3-7(12)15-10(6)16-11/h2-4H,13H2,1H3,(H3,12,14,15,16). The predicted molar refractivity (Wildman–Crippen MR) is 70.8 cm³/mol. The number of fused-ring (bicyclic) bond motifs is 1. The molecular formula is C11H11N5S. The molecule has 0 aromatic carbocycles. The van der Waals surface area contributed by atoms with E-state index in [2.05, 4.69) is 15.0 Å². The minimum Gasteiger partial charge on any atom is -0.391 e. The molecule has 5 N–H and O–H groups in total. The van der Waals surface area contributed by atoms with Crippen molar-refractivity contribution in [1.82, 2.24) is 15.0 Å². The maximum absolute atomic E-state index is 5.78. The van der Waals surface area contributed by atoms with E-state index >= 15 is 0 Å². The molecule has 0 aliphatic rings. The van der Waals surface area contributed by atoms with Gasteiger partial charge in [-0.1, -0.05) is 0 Å². The third-order valence-electron chi connectivity index (χ3n) is 2.52. The summed E-state index contributed by atoms with van der Waals surface area (Å²) < 4.78 is 0. The van der Waals surface area contributed by atoms with E-state index in [1.165, 1.54) is 11.3 Å². The van der Waals surface area contributed by atoms with Crippen LogP contribution in [-0.4, -0.2) is 15.0 Å². The fourth-order valence-electron chi connectivity index (χ4n) is 1.76. The van der Waals surface area contributed by atoms with Gasteiger partial charge in [0.15, 0.2) is 11.5 Å². The largest absolute Gasteiger partial charge is 0.391 e. The van der Waals surface area contributed by atoms with Crippen LogP contribution in [0.25, 0.3) is 21.9 Å². The second-order valence-electron chi connectivity index (χ2n) is 3.85. The number of anilines is 2. The highest BCUT2D eigenvalue weighted by molar-refractivity contribution is 7.19. The van der Waals surface area contributed by atoms with Crippen molar-refractivity contribution in [2.75, 3.05) is 11.5 Å².